The topological polar surface area (TPSA) is 52.7 Å². The van der Waals surface area contributed by atoms with Crippen LogP contribution in [0.1, 0.15) is 37.7 Å². The quantitative estimate of drug-likeness (QED) is 0.795. The van der Waals surface area contributed by atoms with Gasteiger partial charge in [0.25, 0.3) is 0 Å². The van der Waals surface area contributed by atoms with Gasteiger partial charge in [0, 0.05) is 39.0 Å². The fourth-order valence-corrected chi connectivity index (χ4v) is 4.02. The minimum atomic E-state index is -0.187. The molecule has 1 N–H and O–H groups in total. The van der Waals surface area contributed by atoms with Gasteiger partial charge in [0.05, 0.1) is 0 Å². The van der Waals surface area contributed by atoms with Gasteiger partial charge < -0.3 is 15.1 Å². The molecule has 2 aliphatic heterocycles. The Bertz CT molecular complexity index is 641. The van der Waals surface area contributed by atoms with Crippen LogP contribution in [0.3, 0.4) is 0 Å². The fourth-order valence-electron chi connectivity index (χ4n) is 4.02. The maximum absolute atomic E-state index is 13.0. The van der Waals surface area contributed by atoms with Crippen LogP contribution < -0.4 is 5.32 Å². The van der Waals surface area contributed by atoms with Crippen LogP contribution in [-0.2, 0) is 16.0 Å². The van der Waals surface area contributed by atoms with Crippen molar-refractivity contribution in [1.82, 2.24) is 15.1 Å². The maximum Gasteiger partial charge on any atom is 0.224 e. The lowest BCUT2D eigenvalue weighted by Crippen LogP contribution is -2.41. The smallest absolute Gasteiger partial charge is 0.224 e. The number of rotatable bonds is 7. The van der Waals surface area contributed by atoms with Gasteiger partial charge in [-0.25, -0.2) is 4.39 Å². The third-order valence-corrected chi connectivity index (χ3v) is 5.80. The zero-order valence-corrected chi connectivity index (χ0v) is 16.1. The molecule has 2 fully saturated rings. The normalized spacial score (nSPS) is 21.3. The number of hydrogen-bond donors (Lipinski definition) is 1. The molecular weight excluding hydrogens is 345 g/mol. The van der Waals surface area contributed by atoms with Crippen molar-refractivity contribution in [3.8, 4) is 0 Å². The Hall–Kier alpha value is -1.95. The second-order valence-electron chi connectivity index (χ2n) is 7.94. The van der Waals surface area contributed by atoms with Crippen molar-refractivity contribution >= 4 is 11.8 Å². The van der Waals surface area contributed by atoms with Crippen LogP contribution in [0.4, 0.5) is 4.39 Å². The lowest BCUT2D eigenvalue weighted by Gasteiger charge is -2.34. The van der Waals surface area contributed by atoms with Crippen molar-refractivity contribution in [2.75, 3.05) is 33.2 Å². The number of nitrogens with zero attached hydrogens (tertiary/aromatic N) is 2. The van der Waals surface area contributed by atoms with Crippen molar-refractivity contribution in [2.24, 2.45) is 5.92 Å². The molecule has 27 heavy (non-hydrogen) atoms. The highest BCUT2D eigenvalue weighted by Crippen LogP contribution is 2.19. The van der Waals surface area contributed by atoms with E-state index < -0.39 is 0 Å². The first-order valence-electron chi connectivity index (χ1n) is 9.99. The molecule has 1 aromatic rings. The monoisotopic (exact) mass is 375 g/mol. The van der Waals surface area contributed by atoms with Crippen molar-refractivity contribution in [1.29, 1.82) is 0 Å². The molecule has 2 heterocycles. The van der Waals surface area contributed by atoms with Crippen molar-refractivity contribution in [3.05, 3.63) is 35.6 Å². The lowest BCUT2D eigenvalue weighted by atomic mass is 9.95. The Morgan fingerprint density at radius 2 is 1.93 bits per heavy atom. The van der Waals surface area contributed by atoms with Gasteiger partial charge in [-0.1, -0.05) is 12.1 Å². The molecule has 1 atom stereocenters. The van der Waals surface area contributed by atoms with Crippen LogP contribution in [0.25, 0.3) is 0 Å². The van der Waals surface area contributed by atoms with Gasteiger partial charge in [0.1, 0.15) is 5.82 Å². The van der Waals surface area contributed by atoms with Gasteiger partial charge >= 0.3 is 0 Å². The third kappa shape index (κ3) is 6.03. The van der Waals surface area contributed by atoms with Crippen LogP contribution in [0, 0.1) is 11.7 Å². The second kappa shape index (κ2) is 9.31. The van der Waals surface area contributed by atoms with E-state index in [1.807, 2.05) is 24.1 Å². The Kier molecular flexibility index (Phi) is 6.83. The third-order valence-electron chi connectivity index (χ3n) is 5.80. The summed E-state index contributed by atoms with van der Waals surface area (Å²) in [6, 6.07) is 6.77. The largest absolute Gasteiger partial charge is 0.353 e. The Balaban J connectivity index is 1.34. The summed E-state index contributed by atoms with van der Waals surface area (Å²) >= 11 is 0. The molecular formula is C21H30FN3O2. The van der Waals surface area contributed by atoms with E-state index in [1.165, 1.54) is 17.7 Å². The van der Waals surface area contributed by atoms with E-state index in [-0.39, 0.29) is 23.7 Å². The summed E-state index contributed by atoms with van der Waals surface area (Å²) in [5, 5.41) is 2.87. The SMILES string of the molecule is CN(CC1CCN(CCc2ccc(F)cc2)CC1)C(=O)CC1CCC(=O)N1. The van der Waals surface area contributed by atoms with Crippen LogP contribution in [0.15, 0.2) is 24.3 Å². The van der Waals surface area contributed by atoms with Crippen LogP contribution in [0.5, 0.6) is 0 Å². The number of benzene rings is 1. The van der Waals surface area contributed by atoms with Crippen LogP contribution in [-0.4, -0.2) is 60.9 Å². The van der Waals surface area contributed by atoms with Gasteiger partial charge in [0.15, 0.2) is 0 Å². The zero-order chi connectivity index (χ0) is 19.2. The number of hydrogen-bond acceptors (Lipinski definition) is 3. The summed E-state index contributed by atoms with van der Waals surface area (Å²) in [4.78, 5) is 27.9. The minimum Gasteiger partial charge on any atom is -0.353 e. The summed E-state index contributed by atoms with van der Waals surface area (Å²) in [6.07, 6.45) is 4.86. The second-order valence-corrected chi connectivity index (χ2v) is 7.94. The molecule has 6 heteroatoms. The van der Waals surface area contributed by atoms with E-state index in [4.69, 9.17) is 0 Å². The fraction of sp³-hybridized carbons (Fsp3) is 0.619. The molecule has 0 aliphatic carbocycles. The van der Waals surface area contributed by atoms with Gasteiger partial charge in [-0.05, 0) is 62.4 Å². The van der Waals surface area contributed by atoms with Crippen LogP contribution >= 0.6 is 0 Å². The lowest BCUT2D eigenvalue weighted by molar-refractivity contribution is -0.131. The summed E-state index contributed by atoms with van der Waals surface area (Å²) in [5.74, 6) is 0.539. The summed E-state index contributed by atoms with van der Waals surface area (Å²) in [6.45, 7) is 3.89. The molecule has 0 aromatic heterocycles. The highest BCUT2D eigenvalue weighted by molar-refractivity contribution is 5.81. The average molecular weight is 375 g/mol. The number of piperidine rings is 1. The number of carbonyl (C=O) groups is 2. The van der Waals surface area contributed by atoms with Crippen molar-refractivity contribution in [3.63, 3.8) is 0 Å². The van der Waals surface area contributed by atoms with Gasteiger partial charge in [0.2, 0.25) is 11.8 Å². The van der Waals surface area contributed by atoms with Crippen molar-refractivity contribution in [2.45, 2.75) is 44.6 Å². The molecule has 148 valence electrons. The summed E-state index contributed by atoms with van der Waals surface area (Å²) in [5.41, 5.74) is 1.17. The van der Waals surface area contributed by atoms with Gasteiger partial charge in [-0.2, -0.15) is 0 Å². The number of nitrogens with one attached hydrogen (secondary N) is 1. The molecule has 0 bridgehead atoms. The molecule has 1 unspecified atom stereocenters. The minimum absolute atomic E-state index is 0.0146. The number of halogens is 1. The van der Waals surface area contributed by atoms with Gasteiger partial charge in [-0.3, -0.25) is 9.59 Å². The standard InChI is InChI=1S/C21H30FN3O2/c1-24(21(27)14-19-6-7-20(26)23-19)15-17-9-12-25(13-10-17)11-8-16-2-4-18(22)5-3-16/h2-5,17,19H,6-15H2,1H3,(H,23,26). The highest BCUT2D eigenvalue weighted by Gasteiger charge is 2.26. The molecule has 0 spiro atoms. The molecule has 2 amide bonds. The summed E-state index contributed by atoms with van der Waals surface area (Å²) < 4.78 is 13.0. The van der Waals surface area contributed by atoms with E-state index in [2.05, 4.69) is 10.2 Å². The molecule has 2 aliphatic rings. The van der Waals surface area contributed by atoms with E-state index in [9.17, 15) is 14.0 Å². The predicted molar refractivity (Wildman–Crippen MR) is 103 cm³/mol. The molecule has 0 radical (unpaired) electrons. The molecule has 2 saturated heterocycles. The molecule has 0 saturated carbocycles. The first-order chi connectivity index (χ1) is 13.0. The van der Waals surface area contributed by atoms with E-state index >= 15 is 0 Å². The molecule has 1 aromatic carbocycles. The van der Waals surface area contributed by atoms with E-state index in [0.29, 0.717) is 18.8 Å². The maximum atomic E-state index is 13.0. The van der Waals surface area contributed by atoms with Gasteiger partial charge in [-0.15, -0.1) is 0 Å². The molecule has 5 nitrogen and oxygen atoms in total. The Morgan fingerprint density at radius 3 is 2.56 bits per heavy atom. The first-order valence-corrected chi connectivity index (χ1v) is 9.99. The average Bonchev–Trinajstić information content (AvgIpc) is 3.07. The molecule has 3 rings (SSSR count). The zero-order valence-electron chi connectivity index (χ0n) is 16.1. The Labute approximate surface area is 160 Å². The van der Waals surface area contributed by atoms with Crippen molar-refractivity contribution < 1.29 is 14.0 Å². The van der Waals surface area contributed by atoms with E-state index in [0.717, 1.165) is 51.9 Å². The van der Waals surface area contributed by atoms with E-state index in [1.54, 1.807) is 0 Å². The number of carbonyl (C=O) groups excluding carboxylic acids is 2. The number of likely N-dealkylation sites (tertiary alicyclic amines) is 1. The Morgan fingerprint density at radius 1 is 1.22 bits per heavy atom. The summed E-state index contributed by atoms with van der Waals surface area (Å²) in [7, 11) is 1.88. The van der Waals surface area contributed by atoms with Crippen LogP contribution in [0.2, 0.25) is 0 Å². The highest BCUT2D eigenvalue weighted by atomic mass is 19.1. The number of amides is 2. The predicted octanol–water partition coefficient (Wildman–Crippen LogP) is 2.21. The first kappa shape index (κ1) is 19.8.